The maximum absolute atomic E-state index is 13.8. The second kappa shape index (κ2) is 9.36. The number of hydrogen-bond acceptors (Lipinski definition) is 4. The van der Waals surface area contributed by atoms with E-state index in [1.165, 1.54) is 18.2 Å². The van der Waals surface area contributed by atoms with Crippen LogP contribution in [0.25, 0.3) is 0 Å². The van der Waals surface area contributed by atoms with E-state index in [2.05, 4.69) is 31.6 Å². The van der Waals surface area contributed by atoms with E-state index in [4.69, 9.17) is 5.11 Å². The van der Waals surface area contributed by atoms with Crippen LogP contribution in [-0.2, 0) is 6.54 Å². The van der Waals surface area contributed by atoms with Crippen molar-refractivity contribution in [2.75, 3.05) is 18.5 Å². The highest BCUT2D eigenvalue weighted by atomic mass is 79.9. The summed E-state index contributed by atoms with van der Waals surface area (Å²) in [7, 11) is 0. The summed E-state index contributed by atoms with van der Waals surface area (Å²) in [4.78, 5) is 4.30. The van der Waals surface area contributed by atoms with Crippen LogP contribution in [-0.4, -0.2) is 40.5 Å². The van der Waals surface area contributed by atoms with Gasteiger partial charge in [0.05, 0.1) is 19.3 Å². The Hall–Kier alpha value is -2.16. The zero-order valence-electron chi connectivity index (χ0n) is 13.3. The van der Waals surface area contributed by atoms with E-state index in [1.54, 1.807) is 24.3 Å². The van der Waals surface area contributed by atoms with Gasteiger partial charge in [-0.2, -0.15) is 0 Å². The molecule has 0 saturated carbocycles. The van der Waals surface area contributed by atoms with E-state index in [1.807, 2.05) is 0 Å². The third-order valence-electron chi connectivity index (χ3n) is 3.26. The second-order valence-corrected chi connectivity index (χ2v) is 6.21. The normalized spacial score (nSPS) is 12.7. The third kappa shape index (κ3) is 6.33. The summed E-state index contributed by atoms with van der Waals surface area (Å²) in [5, 5.41) is 33.6. The van der Waals surface area contributed by atoms with Gasteiger partial charge in [-0.3, -0.25) is 0 Å². The third-order valence-corrected chi connectivity index (χ3v) is 3.75. The lowest BCUT2D eigenvalue weighted by Crippen LogP contribution is -2.38. The smallest absolute Gasteiger partial charge is 0.196 e. The molecule has 2 aromatic rings. The summed E-state index contributed by atoms with van der Waals surface area (Å²) in [5.74, 6) is 0.0628. The van der Waals surface area contributed by atoms with Crippen molar-refractivity contribution in [2.24, 2.45) is 4.99 Å². The maximum atomic E-state index is 13.8. The molecule has 0 heterocycles. The van der Waals surface area contributed by atoms with Gasteiger partial charge in [0.25, 0.3) is 0 Å². The number of halogens is 2. The molecule has 0 amide bonds. The minimum absolute atomic E-state index is 0.0708. The van der Waals surface area contributed by atoms with Gasteiger partial charge in [-0.1, -0.05) is 15.9 Å². The Morgan fingerprint density at radius 2 is 1.92 bits per heavy atom. The van der Waals surface area contributed by atoms with Crippen LogP contribution in [0.15, 0.2) is 51.9 Å². The Morgan fingerprint density at radius 1 is 1.20 bits per heavy atom. The largest absolute Gasteiger partial charge is 0.508 e. The second-order valence-electron chi connectivity index (χ2n) is 5.29. The van der Waals surface area contributed by atoms with Crippen LogP contribution in [0.1, 0.15) is 5.56 Å². The van der Waals surface area contributed by atoms with E-state index in [0.29, 0.717) is 17.2 Å². The van der Waals surface area contributed by atoms with Crippen LogP contribution in [0.4, 0.5) is 10.1 Å². The molecule has 0 spiro atoms. The van der Waals surface area contributed by atoms with E-state index in [9.17, 15) is 14.6 Å². The number of aliphatic hydroxyl groups is 2. The van der Waals surface area contributed by atoms with Crippen molar-refractivity contribution in [3.63, 3.8) is 0 Å². The first kappa shape index (κ1) is 19.2. The molecule has 0 radical (unpaired) electrons. The molecule has 1 atom stereocenters. The number of nitrogens with zero attached hydrogens (tertiary/aromatic N) is 1. The Morgan fingerprint density at radius 3 is 2.60 bits per heavy atom. The van der Waals surface area contributed by atoms with Gasteiger partial charge < -0.3 is 26.0 Å². The first-order valence-corrected chi connectivity index (χ1v) is 8.34. The quantitative estimate of drug-likeness (QED) is 0.285. The van der Waals surface area contributed by atoms with Crippen LogP contribution < -0.4 is 10.6 Å². The molecule has 8 heteroatoms. The molecule has 0 aliphatic rings. The lowest BCUT2D eigenvalue weighted by Gasteiger charge is -2.15. The Balaban J connectivity index is 2.14. The van der Waals surface area contributed by atoms with Gasteiger partial charge in [0.1, 0.15) is 11.6 Å². The summed E-state index contributed by atoms with van der Waals surface area (Å²) >= 11 is 3.29. The van der Waals surface area contributed by atoms with Gasteiger partial charge in [0.15, 0.2) is 5.96 Å². The van der Waals surface area contributed by atoms with E-state index in [-0.39, 0.29) is 31.3 Å². The molecule has 2 aromatic carbocycles. The lowest BCUT2D eigenvalue weighted by atomic mass is 10.2. The summed E-state index contributed by atoms with van der Waals surface area (Å²) in [5.41, 5.74) is 1.06. The van der Waals surface area contributed by atoms with Gasteiger partial charge in [-0.15, -0.1) is 0 Å². The first-order valence-electron chi connectivity index (χ1n) is 7.55. The molecule has 134 valence electrons. The molecule has 1 unspecified atom stereocenters. The molecule has 0 aliphatic carbocycles. The zero-order valence-corrected chi connectivity index (χ0v) is 14.9. The standard InChI is InChI=1S/C17H19BrFN3O3/c18-12-1-6-16(19)11(7-12)8-20-17(21-9-15(25)10-23)22-13-2-4-14(24)5-3-13/h1-7,15,23-25H,8-10H2,(H2,20,21,22). The van der Waals surface area contributed by atoms with Gasteiger partial charge in [-0.25, -0.2) is 9.38 Å². The van der Waals surface area contributed by atoms with Crippen LogP contribution in [0.3, 0.4) is 0 Å². The molecular weight excluding hydrogens is 393 g/mol. The van der Waals surface area contributed by atoms with Crippen molar-refractivity contribution >= 4 is 27.6 Å². The number of rotatable bonds is 6. The average Bonchev–Trinajstić information content (AvgIpc) is 2.61. The van der Waals surface area contributed by atoms with Crippen molar-refractivity contribution in [1.29, 1.82) is 0 Å². The monoisotopic (exact) mass is 411 g/mol. The number of benzene rings is 2. The van der Waals surface area contributed by atoms with Crippen molar-refractivity contribution in [1.82, 2.24) is 5.32 Å². The summed E-state index contributed by atoms with van der Waals surface area (Å²) < 4.78 is 14.6. The van der Waals surface area contributed by atoms with Crippen molar-refractivity contribution in [3.05, 3.63) is 58.3 Å². The van der Waals surface area contributed by atoms with Crippen molar-refractivity contribution in [3.8, 4) is 5.75 Å². The highest BCUT2D eigenvalue weighted by molar-refractivity contribution is 9.10. The van der Waals surface area contributed by atoms with E-state index < -0.39 is 6.10 Å². The van der Waals surface area contributed by atoms with Crippen LogP contribution >= 0.6 is 15.9 Å². The van der Waals surface area contributed by atoms with Crippen LogP contribution in [0.5, 0.6) is 5.75 Å². The molecule has 6 nitrogen and oxygen atoms in total. The minimum Gasteiger partial charge on any atom is -0.508 e. The van der Waals surface area contributed by atoms with Gasteiger partial charge in [0, 0.05) is 22.3 Å². The molecule has 0 aliphatic heterocycles. The predicted molar refractivity (Wildman–Crippen MR) is 98.1 cm³/mol. The maximum Gasteiger partial charge on any atom is 0.196 e. The van der Waals surface area contributed by atoms with Gasteiger partial charge in [-0.05, 0) is 42.5 Å². The number of anilines is 1. The van der Waals surface area contributed by atoms with E-state index in [0.717, 1.165) is 4.47 Å². The molecule has 25 heavy (non-hydrogen) atoms. The van der Waals surface area contributed by atoms with Crippen molar-refractivity contribution < 1.29 is 19.7 Å². The number of guanidine groups is 1. The lowest BCUT2D eigenvalue weighted by molar-refractivity contribution is 0.0982. The fraction of sp³-hybridized carbons (Fsp3) is 0.235. The Kier molecular flexibility index (Phi) is 7.17. The molecule has 0 bridgehead atoms. The fourth-order valence-corrected chi connectivity index (χ4v) is 2.34. The molecule has 0 fully saturated rings. The Labute approximate surface area is 153 Å². The van der Waals surface area contributed by atoms with Crippen LogP contribution in [0, 0.1) is 5.82 Å². The predicted octanol–water partition coefficient (Wildman–Crippen LogP) is 2.20. The summed E-state index contributed by atoms with van der Waals surface area (Å²) in [6.07, 6.45) is -0.950. The summed E-state index contributed by atoms with van der Waals surface area (Å²) in [6, 6.07) is 10.9. The van der Waals surface area contributed by atoms with E-state index >= 15 is 0 Å². The van der Waals surface area contributed by atoms with Gasteiger partial charge in [0.2, 0.25) is 0 Å². The summed E-state index contributed by atoms with van der Waals surface area (Å²) in [6.45, 7) is -0.241. The number of phenolic OH excluding ortho intramolecular Hbond substituents is 1. The highest BCUT2D eigenvalue weighted by Crippen LogP contribution is 2.17. The van der Waals surface area contributed by atoms with Crippen molar-refractivity contribution in [2.45, 2.75) is 12.6 Å². The highest BCUT2D eigenvalue weighted by Gasteiger charge is 2.07. The number of nitrogens with one attached hydrogen (secondary N) is 2. The molecule has 5 N–H and O–H groups in total. The first-order chi connectivity index (χ1) is 12.0. The molecular formula is C17H19BrFN3O3. The number of aromatic hydroxyl groups is 1. The number of aliphatic imine (C=N–C) groups is 1. The minimum atomic E-state index is -0.950. The fourth-order valence-electron chi connectivity index (χ4n) is 1.93. The average molecular weight is 412 g/mol. The number of aliphatic hydroxyl groups excluding tert-OH is 2. The topological polar surface area (TPSA) is 97.1 Å². The SMILES string of the molecule is OCC(O)CNC(=NCc1cc(Br)ccc1F)Nc1ccc(O)cc1. The number of hydrogen-bond donors (Lipinski definition) is 5. The number of phenols is 1. The molecule has 2 rings (SSSR count). The van der Waals surface area contributed by atoms with Gasteiger partial charge >= 0.3 is 0 Å². The molecule has 0 aromatic heterocycles. The Bertz CT molecular complexity index is 726. The molecule has 0 saturated heterocycles. The van der Waals surface area contributed by atoms with Crippen LogP contribution in [0.2, 0.25) is 0 Å². The zero-order chi connectivity index (χ0) is 18.2.